The van der Waals surface area contributed by atoms with E-state index in [-0.39, 0.29) is 11.8 Å². The summed E-state index contributed by atoms with van der Waals surface area (Å²) in [7, 11) is 0. The molecule has 120 valence electrons. The Morgan fingerprint density at radius 1 is 1.41 bits per heavy atom. The minimum atomic E-state index is -0.452. The van der Waals surface area contributed by atoms with Gasteiger partial charge in [-0.15, -0.1) is 22.0 Å². The summed E-state index contributed by atoms with van der Waals surface area (Å²) in [5, 5.41) is 12.1. The number of nitrogens with one attached hydrogen (secondary N) is 1. The van der Waals surface area contributed by atoms with Gasteiger partial charge >= 0.3 is 0 Å². The van der Waals surface area contributed by atoms with Gasteiger partial charge in [0.1, 0.15) is 11.0 Å². The van der Waals surface area contributed by atoms with Crippen molar-refractivity contribution in [2.24, 2.45) is 0 Å². The number of rotatable bonds is 5. The second kappa shape index (κ2) is 7.73. The third kappa shape index (κ3) is 3.86. The van der Waals surface area contributed by atoms with Crippen molar-refractivity contribution in [1.29, 1.82) is 0 Å². The van der Waals surface area contributed by atoms with Crippen LogP contribution in [0.1, 0.15) is 32.2 Å². The second-order valence-corrected chi connectivity index (χ2v) is 6.99. The summed E-state index contributed by atoms with van der Waals surface area (Å²) < 4.78 is 0. The minimum absolute atomic E-state index is 0.0708. The average molecular weight is 340 g/mol. The highest BCUT2D eigenvalue weighted by Gasteiger charge is 2.35. The first-order chi connectivity index (χ1) is 10.6. The van der Waals surface area contributed by atoms with Gasteiger partial charge in [-0.05, 0) is 19.8 Å². The van der Waals surface area contributed by atoms with Crippen molar-refractivity contribution in [3.05, 3.63) is 16.7 Å². The molecule has 1 aliphatic heterocycles. The van der Waals surface area contributed by atoms with E-state index in [4.69, 9.17) is 0 Å². The molecule has 1 unspecified atom stereocenters. The number of aromatic nitrogens is 2. The van der Waals surface area contributed by atoms with Gasteiger partial charge < -0.3 is 4.90 Å². The Kier molecular flexibility index (Phi) is 5.96. The van der Waals surface area contributed by atoms with Crippen molar-refractivity contribution in [2.75, 3.05) is 16.9 Å². The van der Waals surface area contributed by atoms with Gasteiger partial charge in [0.15, 0.2) is 0 Å². The third-order valence-corrected chi connectivity index (χ3v) is 5.29. The van der Waals surface area contributed by atoms with E-state index in [1.807, 2.05) is 19.9 Å². The minimum Gasteiger partial charge on any atom is -0.317 e. The number of allylic oxidation sites excluding steroid dienone is 1. The summed E-state index contributed by atoms with van der Waals surface area (Å²) in [5.41, 5.74) is 0.687. The van der Waals surface area contributed by atoms with Crippen LogP contribution in [-0.4, -0.2) is 44.6 Å². The summed E-state index contributed by atoms with van der Waals surface area (Å²) in [6, 6.07) is -0.452. The van der Waals surface area contributed by atoms with Crippen molar-refractivity contribution in [3.8, 4) is 0 Å². The number of hydrogen-bond acceptors (Lipinski definition) is 6. The number of nitrogens with zero attached hydrogens (tertiary/aromatic N) is 3. The molecule has 1 aliphatic rings. The number of hydrogen-bond donors (Lipinski definition) is 1. The first-order valence-corrected chi connectivity index (χ1v) is 9.22. The number of aryl methyl sites for hydroxylation is 1. The van der Waals surface area contributed by atoms with E-state index >= 15 is 0 Å². The number of anilines is 1. The molecular formula is C14H20N4O2S2. The van der Waals surface area contributed by atoms with Crippen LogP contribution < -0.4 is 5.32 Å². The summed E-state index contributed by atoms with van der Waals surface area (Å²) in [4.78, 5) is 26.4. The Labute approximate surface area is 138 Å². The Morgan fingerprint density at radius 2 is 2.18 bits per heavy atom. The Balaban J connectivity index is 2.04. The van der Waals surface area contributed by atoms with Gasteiger partial charge in [-0.3, -0.25) is 14.9 Å². The van der Waals surface area contributed by atoms with Crippen molar-refractivity contribution < 1.29 is 9.59 Å². The Hall–Kier alpha value is -1.41. The van der Waals surface area contributed by atoms with E-state index in [0.717, 1.165) is 17.8 Å². The van der Waals surface area contributed by atoms with Crippen LogP contribution >= 0.6 is 23.1 Å². The fourth-order valence-corrected chi connectivity index (χ4v) is 3.95. The van der Waals surface area contributed by atoms with Gasteiger partial charge in [-0.25, -0.2) is 0 Å². The summed E-state index contributed by atoms with van der Waals surface area (Å²) in [6.07, 6.45) is 3.48. The standard InChI is InChI=1S/C14H20N4O2S2/c1-4-6-9(3)13(20)18-8-21-7-10(18)12(19)15-14-17-16-11(5-2)22-14/h6,10H,4-5,7-8H2,1-3H3,(H,15,17,19). The van der Waals surface area contributed by atoms with Crippen molar-refractivity contribution in [2.45, 2.75) is 39.7 Å². The van der Waals surface area contributed by atoms with E-state index in [1.54, 1.807) is 23.6 Å². The first kappa shape index (κ1) is 17.0. The van der Waals surface area contributed by atoms with Crippen LogP contribution in [0.5, 0.6) is 0 Å². The third-order valence-electron chi connectivity index (χ3n) is 3.29. The molecule has 1 fully saturated rings. The lowest BCUT2D eigenvalue weighted by Gasteiger charge is -2.22. The van der Waals surface area contributed by atoms with E-state index in [1.165, 1.54) is 11.3 Å². The maximum atomic E-state index is 12.4. The van der Waals surface area contributed by atoms with Crippen molar-refractivity contribution in [3.63, 3.8) is 0 Å². The van der Waals surface area contributed by atoms with E-state index < -0.39 is 6.04 Å². The molecule has 0 aromatic carbocycles. The van der Waals surface area contributed by atoms with Crippen molar-refractivity contribution in [1.82, 2.24) is 15.1 Å². The van der Waals surface area contributed by atoms with Crippen LogP contribution in [0, 0.1) is 0 Å². The largest absolute Gasteiger partial charge is 0.317 e. The number of carbonyl (C=O) groups is 2. The van der Waals surface area contributed by atoms with Gasteiger partial charge in [-0.2, -0.15) is 0 Å². The van der Waals surface area contributed by atoms with Gasteiger partial charge in [0.25, 0.3) is 5.91 Å². The molecular weight excluding hydrogens is 320 g/mol. The predicted octanol–water partition coefficient (Wildman–Crippen LogP) is 2.30. The molecule has 0 spiro atoms. The maximum absolute atomic E-state index is 12.4. The Bertz CT molecular complexity index is 585. The average Bonchev–Trinajstić information content (AvgIpc) is 3.15. The van der Waals surface area contributed by atoms with E-state index in [2.05, 4.69) is 15.5 Å². The van der Waals surface area contributed by atoms with Gasteiger partial charge in [0.2, 0.25) is 11.0 Å². The molecule has 1 saturated heterocycles. The molecule has 2 heterocycles. The zero-order valence-corrected chi connectivity index (χ0v) is 14.6. The molecule has 8 heteroatoms. The quantitative estimate of drug-likeness (QED) is 0.833. The molecule has 6 nitrogen and oxygen atoms in total. The first-order valence-electron chi connectivity index (χ1n) is 7.25. The topological polar surface area (TPSA) is 75.2 Å². The molecule has 2 amide bonds. The normalized spacial score (nSPS) is 18.6. The highest BCUT2D eigenvalue weighted by molar-refractivity contribution is 7.99. The lowest BCUT2D eigenvalue weighted by molar-refractivity contribution is -0.133. The molecule has 0 bridgehead atoms. The number of carbonyl (C=O) groups excluding carboxylic acids is 2. The smallest absolute Gasteiger partial charge is 0.250 e. The molecule has 0 aliphatic carbocycles. The lowest BCUT2D eigenvalue weighted by Crippen LogP contribution is -2.44. The van der Waals surface area contributed by atoms with Crippen LogP contribution in [-0.2, 0) is 16.0 Å². The van der Waals surface area contributed by atoms with Crippen LogP contribution in [0.25, 0.3) is 0 Å². The number of thioether (sulfide) groups is 1. The zero-order valence-electron chi connectivity index (χ0n) is 13.0. The van der Waals surface area contributed by atoms with Gasteiger partial charge in [0.05, 0.1) is 5.88 Å². The maximum Gasteiger partial charge on any atom is 0.250 e. The van der Waals surface area contributed by atoms with Crippen LogP contribution in [0.15, 0.2) is 11.6 Å². The molecule has 1 atom stereocenters. The second-order valence-electron chi connectivity index (χ2n) is 4.93. The molecule has 22 heavy (non-hydrogen) atoms. The molecule has 0 saturated carbocycles. The summed E-state index contributed by atoms with van der Waals surface area (Å²) in [6.45, 7) is 5.77. The zero-order chi connectivity index (χ0) is 16.1. The van der Waals surface area contributed by atoms with E-state index in [0.29, 0.717) is 22.3 Å². The summed E-state index contributed by atoms with van der Waals surface area (Å²) >= 11 is 2.96. The lowest BCUT2D eigenvalue weighted by atomic mass is 10.2. The van der Waals surface area contributed by atoms with Crippen molar-refractivity contribution >= 4 is 40.0 Å². The summed E-state index contributed by atoms with van der Waals surface area (Å²) in [5.74, 6) is 0.887. The Morgan fingerprint density at radius 3 is 2.82 bits per heavy atom. The van der Waals surface area contributed by atoms with Crippen LogP contribution in [0.3, 0.4) is 0 Å². The predicted molar refractivity (Wildman–Crippen MR) is 89.9 cm³/mol. The fourth-order valence-electron chi connectivity index (χ4n) is 2.12. The number of amides is 2. The molecule has 1 aromatic heterocycles. The highest BCUT2D eigenvalue weighted by atomic mass is 32.2. The van der Waals surface area contributed by atoms with Gasteiger partial charge in [-0.1, -0.05) is 31.3 Å². The van der Waals surface area contributed by atoms with Crippen LogP contribution in [0.4, 0.5) is 5.13 Å². The van der Waals surface area contributed by atoms with Crippen LogP contribution in [0.2, 0.25) is 0 Å². The van der Waals surface area contributed by atoms with Gasteiger partial charge in [0, 0.05) is 11.3 Å². The fraction of sp³-hybridized carbons (Fsp3) is 0.571. The molecule has 1 aromatic rings. The van der Waals surface area contributed by atoms with E-state index in [9.17, 15) is 9.59 Å². The monoisotopic (exact) mass is 340 g/mol. The molecule has 2 rings (SSSR count). The highest BCUT2D eigenvalue weighted by Crippen LogP contribution is 2.25. The molecule has 0 radical (unpaired) electrons. The SMILES string of the molecule is CCC=C(C)C(=O)N1CSCC1C(=O)Nc1nnc(CC)s1. The molecule has 1 N–H and O–H groups in total.